The van der Waals surface area contributed by atoms with Crippen LogP contribution >= 0.6 is 19.4 Å². The van der Waals surface area contributed by atoms with E-state index in [1.54, 1.807) is 6.07 Å². The van der Waals surface area contributed by atoms with E-state index in [4.69, 9.17) is 31.4 Å². The molecule has 0 saturated carbocycles. The van der Waals surface area contributed by atoms with E-state index in [0.717, 1.165) is 12.1 Å². The first-order valence-electron chi connectivity index (χ1n) is 10.4. The summed E-state index contributed by atoms with van der Waals surface area (Å²) in [7, 11) is -5.14. The van der Waals surface area contributed by atoms with Gasteiger partial charge in [0, 0.05) is 24.4 Å². The number of hydrogen-bond acceptors (Lipinski definition) is 8. The van der Waals surface area contributed by atoms with E-state index in [0.29, 0.717) is 30.8 Å². The van der Waals surface area contributed by atoms with Crippen LogP contribution in [0, 0.1) is 11.3 Å². The number of nitrogens with zero attached hydrogens (tertiary/aromatic N) is 5. The van der Waals surface area contributed by atoms with Crippen molar-refractivity contribution < 1.29 is 41.2 Å². The molecule has 1 aromatic carbocycles. The Morgan fingerprint density at radius 3 is 2.33 bits per heavy atom. The number of phosphoric acid groups is 1. The Bertz CT molecular complexity index is 1620. The Kier molecular flexibility index (Phi) is 8.34. The van der Waals surface area contributed by atoms with Crippen LogP contribution in [0.5, 0.6) is 11.5 Å². The third kappa shape index (κ3) is 7.49. The Labute approximate surface area is 220 Å². The third-order valence-electron chi connectivity index (χ3n) is 4.82. The van der Waals surface area contributed by atoms with Crippen molar-refractivity contribution in [1.82, 2.24) is 19.3 Å². The fourth-order valence-electron chi connectivity index (χ4n) is 3.12. The molecule has 0 aliphatic heterocycles. The number of aromatic nitrogens is 4. The first-order chi connectivity index (χ1) is 17.9. The van der Waals surface area contributed by atoms with Crippen LogP contribution in [0.3, 0.4) is 0 Å². The molecule has 0 amide bonds. The average molecular weight is 594 g/mol. The van der Waals surface area contributed by atoms with Gasteiger partial charge in [-0.3, -0.25) is 18.7 Å². The Balaban J connectivity index is 2.15. The molecule has 39 heavy (non-hydrogen) atoms. The lowest BCUT2D eigenvalue weighted by atomic mass is 10.2. The van der Waals surface area contributed by atoms with E-state index < -0.39 is 66.8 Å². The van der Waals surface area contributed by atoms with Gasteiger partial charge < -0.3 is 14.5 Å². The van der Waals surface area contributed by atoms with Crippen LogP contribution in [0.4, 0.5) is 17.6 Å². The van der Waals surface area contributed by atoms with Gasteiger partial charge in [-0.15, -0.1) is 0 Å². The molecule has 0 atom stereocenters. The van der Waals surface area contributed by atoms with E-state index in [1.807, 2.05) is 0 Å². The quantitative estimate of drug-likeness (QED) is 0.277. The highest BCUT2D eigenvalue weighted by atomic mass is 35.5. The molecule has 3 aromatic rings. The number of halogens is 5. The van der Waals surface area contributed by atoms with Gasteiger partial charge in [-0.2, -0.15) is 27.9 Å². The van der Waals surface area contributed by atoms with Gasteiger partial charge in [0.05, 0.1) is 24.5 Å². The Morgan fingerprint density at radius 2 is 1.77 bits per heavy atom. The zero-order chi connectivity index (χ0) is 29.3. The summed E-state index contributed by atoms with van der Waals surface area (Å²) in [5, 5.41) is 12.4. The minimum atomic E-state index is -5.14. The van der Waals surface area contributed by atoms with Crippen LogP contribution in [0.1, 0.15) is 36.4 Å². The summed E-state index contributed by atoms with van der Waals surface area (Å²) >= 11 is 5.90. The van der Waals surface area contributed by atoms with E-state index in [-0.39, 0.29) is 21.0 Å². The van der Waals surface area contributed by atoms with Gasteiger partial charge in [0.25, 0.3) is 23.0 Å². The summed E-state index contributed by atoms with van der Waals surface area (Å²) in [6.07, 6.45) is 0.626. The molecule has 0 radical (unpaired) electrons. The SMILES string of the molecule is CC(F)(F)c1cc(Cn2cnc(C(C)(F)F)c(Oc3cc(Cl)cc(C#N)c3)c2=O)c(=O)n(COP(=O)(O)O)n1. The molecule has 0 spiro atoms. The minimum Gasteiger partial charge on any atom is -0.449 e. The second-order valence-electron chi connectivity index (χ2n) is 8.13. The van der Waals surface area contributed by atoms with Crippen molar-refractivity contribution in [2.45, 2.75) is 39.0 Å². The highest BCUT2D eigenvalue weighted by Gasteiger charge is 2.34. The maximum Gasteiger partial charge on any atom is 0.471 e. The predicted molar refractivity (Wildman–Crippen MR) is 125 cm³/mol. The molecular formula is C21H17ClF4N5O7P. The molecule has 3 rings (SSSR count). The molecule has 0 aliphatic rings. The Morgan fingerprint density at radius 1 is 1.10 bits per heavy atom. The molecule has 12 nitrogen and oxygen atoms in total. The fraction of sp³-hybridized carbons (Fsp3) is 0.286. The smallest absolute Gasteiger partial charge is 0.449 e. The number of hydrogen-bond donors (Lipinski definition) is 2. The van der Waals surface area contributed by atoms with Crippen LogP contribution in [0.25, 0.3) is 0 Å². The van der Waals surface area contributed by atoms with Gasteiger partial charge in [-0.25, -0.2) is 14.2 Å². The first kappa shape index (κ1) is 29.9. The average Bonchev–Trinajstić information content (AvgIpc) is 2.79. The zero-order valence-corrected chi connectivity index (χ0v) is 21.5. The molecular weight excluding hydrogens is 577 g/mol. The van der Waals surface area contributed by atoms with Gasteiger partial charge in [-0.05, 0) is 24.3 Å². The zero-order valence-electron chi connectivity index (χ0n) is 19.8. The fourth-order valence-corrected chi connectivity index (χ4v) is 3.60. The predicted octanol–water partition coefficient (Wildman–Crippen LogP) is 3.46. The molecule has 0 saturated heterocycles. The molecule has 2 aromatic heterocycles. The van der Waals surface area contributed by atoms with E-state index in [9.17, 15) is 31.7 Å². The molecule has 2 N–H and O–H groups in total. The number of benzene rings is 1. The first-order valence-corrected chi connectivity index (χ1v) is 12.4. The number of rotatable bonds is 9. The van der Waals surface area contributed by atoms with Crippen LogP contribution in [0.15, 0.2) is 40.2 Å². The summed E-state index contributed by atoms with van der Waals surface area (Å²) in [5.74, 6) is -8.63. The second-order valence-corrected chi connectivity index (χ2v) is 9.81. The van der Waals surface area contributed by atoms with Crippen molar-refractivity contribution >= 4 is 19.4 Å². The highest BCUT2D eigenvalue weighted by Crippen LogP contribution is 2.36. The van der Waals surface area contributed by atoms with Gasteiger partial charge in [0.15, 0.2) is 12.4 Å². The second kappa shape index (κ2) is 10.9. The summed E-state index contributed by atoms with van der Waals surface area (Å²) < 4.78 is 77.9. The lowest BCUT2D eigenvalue weighted by Gasteiger charge is -2.18. The molecule has 0 fully saturated rings. The van der Waals surface area contributed by atoms with E-state index >= 15 is 0 Å². The normalized spacial score (nSPS) is 12.3. The van der Waals surface area contributed by atoms with Crippen LogP contribution < -0.4 is 15.9 Å². The van der Waals surface area contributed by atoms with Gasteiger partial charge in [-0.1, -0.05) is 11.6 Å². The summed E-state index contributed by atoms with van der Waals surface area (Å²) in [6, 6.07) is 5.89. The van der Waals surface area contributed by atoms with Crippen LogP contribution in [-0.4, -0.2) is 29.1 Å². The van der Waals surface area contributed by atoms with Crippen LogP contribution in [0.2, 0.25) is 5.02 Å². The van der Waals surface area contributed by atoms with Crippen molar-refractivity contribution in [3.63, 3.8) is 0 Å². The van der Waals surface area contributed by atoms with Crippen molar-refractivity contribution in [1.29, 1.82) is 5.26 Å². The van der Waals surface area contributed by atoms with Crippen molar-refractivity contribution in [2.75, 3.05) is 0 Å². The molecule has 0 bridgehead atoms. The maximum atomic E-state index is 14.3. The van der Waals surface area contributed by atoms with Crippen molar-refractivity contribution in [3.05, 3.63) is 78.8 Å². The lowest BCUT2D eigenvalue weighted by Crippen LogP contribution is -2.33. The number of alkyl halides is 4. The Hall–Kier alpha value is -3.61. The summed E-state index contributed by atoms with van der Waals surface area (Å²) in [5.41, 5.74) is -5.16. The number of phosphoric ester groups is 1. The summed E-state index contributed by atoms with van der Waals surface area (Å²) in [6.45, 7) is -1.19. The van der Waals surface area contributed by atoms with Gasteiger partial charge in [0.1, 0.15) is 11.4 Å². The molecule has 18 heteroatoms. The minimum absolute atomic E-state index is 0.0130. The van der Waals surface area contributed by atoms with Crippen molar-refractivity contribution in [3.8, 4) is 17.6 Å². The maximum absolute atomic E-state index is 14.3. The number of nitriles is 1. The summed E-state index contributed by atoms with van der Waals surface area (Å²) in [4.78, 5) is 47.3. The van der Waals surface area contributed by atoms with E-state index in [1.165, 1.54) is 6.07 Å². The molecule has 208 valence electrons. The number of ether oxygens (including phenoxy) is 1. The van der Waals surface area contributed by atoms with Crippen molar-refractivity contribution in [2.24, 2.45) is 0 Å². The van der Waals surface area contributed by atoms with Gasteiger partial charge in [0.2, 0.25) is 5.75 Å². The van der Waals surface area contributed by atoms with Gasteiger partial charge >= 0.3 is 7.82 Å². The highest BCUT2D eigenvalue weighted by molar-refractivity contribution is 7.46. The molecule has 0 unspecified atom stereocenters. The molecule has 0 aliphatic carbocycles. The lowest BCUT2D eigenvalue weighted by molar-refractivity contribution is 0.00869. The standard InChI is InChI=1S/C21H17ClF4N5O7P/c1-20(23,24)15-5-12(18(32)31(29-15)10-37-39(34,35)36)8-30-9-28-17(21(2,25)26)16(19(30)33)38-14-4-11(7-27)3-13(22)6-14/h3-6,9H,8,10H2,1-2H3,(H2,34,35,36). The topological polar surface area (TPSA) is 170 Å². The monoisotopic (exact) mass is 593 g/mol. The molecule has 2 heterocycles. The van der Waals surface area contributed by atoms with Crippen LogP contribution in [-0.2, 0) is 34.2 Å². The largest absolute Gasteiger partial charge is 0.471 e. The van der Waals surface area contributed by atoms with E-state index in [2.05, 4.69) is 14.6 Å². The third-order valence-corrected chi connectivity index (χ3v) is 5.49.